The number of likely N-dealkylation sites (tertiary alicyclic amines) is 1. The molecule has 1 saturated carbocycles. The van der Waals surface area contributed by atoms with Crippen molar-refractivity contribution >= 4 is 24.3 Å². The smallest absolute Gasteiger partial charge is 0.410 e. The van der Waals surface area contributed by atoms with E-state index in [4.69, 9.17) is 0 Å². The molecule has 2 aliphatic heterocycles. The fourth-order valence-electron chi connectivity index (χ4n) is 5.39. The zero-order chi connectivity index (χ0) is 19.5. The molecule has 152 valence electrons. The summed E-state index contributed by atoms with van der Waals surface area (Å²) >= 11 is 0. The van der Waals surface area contributed by atoms with Gasteiger partial charge in [-0.3, -0.25) is 4.79 Å². The first-order chi connectivity index (χ1) is 13.6. The lowest BCUT2D eigenvalue weighted by Crippen LogP contribution is -2.56. The van der Waals surface area contributed by atoms with E-state index in [-0.39, 0.29) is 18.5 Å². The molecule has 6 heteroatoms. The Kier molecular flexibility index (Phi) is 6.27. The summed E-state index contributed by atoms with van der Waals surface area (Å²) in [6.07, 6.45) is 11.7. The van der Waals surface area contributed by atoms with E-state index in [1.165, 1.54) is 44.9 Å². The van der Waals surface area contributed by atoms with Gasteiger partial charge < -0.3 is 19.6 Å². The number of hydrogen-bond donors (Lipinski definition) is 1. The molecule has 0 unspecified atom stereocenters. The van der Waals surface area contributed by atoms with Gasteiger partial charge >= 0.3 is 7.05 Å². The number of rotatable bonds is 3. The molecule has 1 aromatic carbocycles. The summed E-state index contributed by atoms with van der Waals surface area (Å²) < 4.78 is 0. The Balaban J connectivity index is 1.45. The second-order valence-electron chi connectivity index (χ2n) is 8.78. The van der Waals surface area contributed by atoms with Crippen LogP contribution in [0.25, 0.3) is 0 Å². The Bertz CT molecular complexity index is 668. The highest BCUT2D eigenvalue weighted by Gasteiger charge is 2.37. The van der Waals surface area contributed by atoms with Gasteiger partial charge in [-0.25, -0.2) is 0 Å². The largest absolute Gasteiger partial charge is 0.432 e. The molecule has 1 aliphatic carbocycles. The molecule has 1 N–H and O–H groups in total. The Labute approximate surface area is 169 Å². The van der Waals surface area contributed by atoms with E-state index in [0.717, 1.165) is 43.3 Å². The fourth-order valence-corrected chi connectivity index (χ4v) is 5.39. The number of amides is 1. The standard InChI is InChI=1S/C22H34BN3O2/c1-23(28)25-17-22(27)26(21-12-8-7-11-20(21)25)19-13-15-24(16-14-19)18-9-5-3-2-4-6-10-18/h7-8,11-12,18-19,28H,2-6,9-10,13-17H2,1H3. The van der Waals surface area contributed by atoms with Crippen molar-refractivity contribution in [1.29, 1.82) is 0 Å². The van der Waals surface area contributed by atoms with Crippen LogP contribution < -0.4 is 9.71 Å². The molecule has 0 spiro atoms. The summed E-state index contributed by atoms with van der Waals surface area (Å²) in [4.78, 5) is 19.5. The lowest BCUT2D eigenvalue weighted by atomic mass is 9.82. The van der Waals surface area contributed by atoms with Gasteiger partial charge in [-0.05, 0) is 44.6 Å². The van der Waals surface area contributed by atoms with Gasteiger partial charge in [0.2, 0.25) is 5.91 Å². The Morgan fingerprint density at radius 2 is 1.50 bits per heavy atom. The number of piperidine rings is 1. The van der Waals surface area contributed by atoms with Crippen LogP contribution in [-0.2, 0) is 4.79 Å². The van der Waals surface area contributed by atoms with Crippen molar-refractivity contribution in [3.05, 3.63) is 24.3 Å². The molecule has 1 aromatic rings. The second-order valence-corrected chi connectivity index (χ2v) is 8.78. The van der Waals surface area contributed by atoms with Crippen molar-refractivity contribution in [3.63, 3.8) is 0 Å². The summed E-state index contributed by atoms with van der Waals surface area (Å²) in [6.45, 7) is 4.19. The van der Waals surface area contributed by atoms with Gasteiger partial charge in [0.05, 0.1) is 17.9 Å². The molecule has 5 nitrogen and oxygen atoms in total. The summed E-state index contributed by atoms with van der Waals surface area (Å²) in [6, 6.07) is 9.05. The third-order valence-corrected chi connectivity index (χ3v) is 6.93. The predicted molar refractivity (Wildman–Crippen MR) is 116 cm³/mol. The lowest BCUT2D eigenvalue weighted by molar-refractivity contribution is -0.118. The minimum absolute atomic E-state index is 0.115. The second kappa shape index (κ2) is 8.87. The zero-order valence-corrected chi connectivity index (χ0v) is 17.2. The van der Waals surface area contributed by atoms with Crippen LogP contribution in [0.15, 0.2) is 24.3 Å². The Morgan fingerprint density at radius 3 is 2.14 bits per heavy atom. The van der Waals surface area contributed by atoms with Crippen molar-refractivity contribution in [2.24, 2.45) is 0 Å². The first-order valence-corrected chi connectivity index (χ1v) is 11.2. The number of carbonyl (C=O) groups is 1. The summed E-state index contributed by atoms with van der Waals surface area (Å²) in [5, 5.41) is 10.1. The van der Waals surface area contributed by atoms with Gasteiger partial charge in [0.25, 0.3) is 0 Å². The number of benzene rings is 1. The van der Waals surface area contributed by atoms with Gasteiger partial charge in [-0.2, -0.15) is 0 Å². The van der Waals surface area contributed by atoms with E-state index in [2.05, 4.69) is 4.90 Å². The van der Waals surface area contributed by atoms with E-state index < -0.39 is 7.05 Å². The number of nitrogens with zero attached hydrogens (tertiary/aromatic N) is 3. The number of fused-ring (bicyclic) bond motifs is 1. The van der Waals surface area contributed by atoms with Crippen molar-refractivity contribution < 1.29 is 9.82 Å². The number of anilines is 2. The SMILES string of the molecule is CB(O)N1CC(=O)N(C2CCN(C3CCCCCCC3)CC2)c2ccccc21. The van der Waals surface area contributed by atoms with Crippen molar-refractivity contribution in [1.82, 2.24) is 4.90 Å². The minimum Gasteiger partial charge on any atom is -0.432 e. The van der Waals surface area contributed by atoms with Crippen LogP contribution in [0.4, 0.5) is 11.4 Å². The maximum Gasteiger partial charge on any atom is 0.410 e. The molecule has 2 fully saturated rings. The molecule has 4 rings (SSSR count). The van der Waals surface area contributed by atoms with Gasteiger partial charge in [-0.15, -0.1) is 0 Å². The first kappa shape index (κ1) is 19.8. The predicted octanol–water partition coefficient (Wildman–Crippen LogP) is 3.53. The maximum absolute atomic E-state index is 13.0. The molecular formula is C22H34BN3O2. The van der Waals surface area contributed by atoms with Crippen molar-refractivity contribution in [2.75, 3.05) is 29.3 Å². The summed E-state index contributed by atoms with van der Waals surface area (Å²) in [7, 11) is -0.659. The van der Waals surface area contributed by atoms with E-state index in [1.807, 2.05) is 29.2 Å². The average molecular weight is 383 g/mol. The van der Waals surface area contributed by atoms with Crippen LogP contribution in [0.1, 0.15) is 57.8 Å². The summed E-state index contributed by atoms with van der Waals surface area (Å²) in [5.41, 5.74) is 1.93. The van der Waals surface area contributed by atoms with E-state index in [9.17, 15) is 9.82 Å². The normalized spacial score (nSPS) is 23.3. The molecular weight excluding hydrogens is 349 g/mol. The maximum atomic E-state index is 13.0. The lowest BCUT2D eigenvalue weighted by Gasteiger charge is -2.45. The quantitative estimate of drug-likeness (QED) is 0.812. The molecule has 0 aromatic heterocycles. The molecule has 0 bridgehead atoms. The first-order valence-electron chi connectivity index (χ1n) is 11.2. The van der Waals surface area contributed by atoms with Crippen LogP contribution in [-0.4, -0.2) is 54.6 Å². The number of para-hydroxylation sites is 2. The van der Waals surface area contributed by atoms with Crippen molar-refractivity contribution in [2.45, 2.75) is 76.7 Å². The van der Waals surface area contributed by atoms with Crippen LogP contribution in [0.2, 0.25) is 6.82 Å². The highest BCUT2D eigenvalue weighted by atomic mass is 16.2. The molecule has 1 saturated heterocycles. The van der Waals surface area contributed by atoms with Gasteiger partial charge in [0.15, 0.2) is 0 Å². The van der Waals surface area contributed by atoms with Crippen LogP contribution in [0.3, 0.4) is 0 Å². The monoisotopic (exact) mass is 383 g/mol. The molecule has 2 heterocycles. The van der Waals surface area contributed by atoms with Crippen LogP contribution in [0.5, 0.6) is 0 Å². The summed E-state index contributed by atoms with van der Waals surface area (Å²) in [5.74, 6) is 0.115. The Morgan fingerprint density at radius 1 is 0.893 bits per heavy atom. The molecule has 3 aliphatic rings. The van der Waals surface area contributed by atoms with Gasteiger partial charge in [0, 0.05) is 25.2 Å². The van der Waals surface area contributed by atoms with Crippen LogP contribution >= 0.6 is 0 Å². The van der Waals surface area contributed by atoms with E-state index in [1.54, 1.807) is 11.6 Å². The molecule has 28 heavy (non-hydrogen) atoms. The molecule has 0 atom stereocenters. The highest BCUT2D eigenvalue weighted by molar-refractivity contribution is 6.55. The molecule has 1 amide bonds. The minimum atomic E-state index is -0.659. The van der Waals surface area contributed by atoms with Crippen molar-refractivity contribution in [3.8, 4) is 0 Å². The Hall–Kier alpha value is -1.53. The third-order valence-electron chi connectivity index (χ3n) is 6.93. The topological polar surface area (TPSA) is 47.0 Å². The third kappa shape index (κ3) is 4.08. The highest BCUT2D eigenvalue weighted by Crippen LogP contribution is 2.37. The van der Waals surface area contributed by atoms with E-state index >= 15 is 0 Å². The van der Waals surface area contributed by atoms with Crippen LogP contribution in [0, 0.1) is 0 Å². The molecule has 0 radical (unpaired) electrons. The zero-order valence-electron chi connectivity index (χ0n) is 17.2. The fraction of sp³-hybridized carbons (Fsp3) is 0.682. The van der Waals surface area contributed by atoms with Gasteiger partial charge in [-0.1, -0.05) is 44.2 Å². The van der Waals surface area contributed by atoms with E-state index in [0.29, 0.717) is 0 Å². The van der Waals surface area contributed by atoms with Gasteiger partial charge in [0.1, 0.15) is 0 Å². The average Bonchev–Trinajstić information content (AvgIpc) is 2.67. The number of hydrogen-bond acceptors (Lipinski definition) is 4. The number of carbonyl (C=O) groups excluding carboxylic acids is 1.